The van der Waals surface area contributed by atoms with E-state index in [1.54, 1.807) is 19.4 Å². The highest BCUT2D eigenvalue weighted by molar-refractivity contribution is 7.00. The topological polar surface area (TPSA) is 96.3 Å². The first-order valence-electron chi connectivity index (χ1n) is 12.0. The summed E-state index contributed by atoms with van der Waals surface area (Å²) in [5.74, 6) is 0.479. The lowest BCUT2D eigenvalue weighted by Gasteiger charge is -2.40. The van der Waals surface area contributed by atoms with Crippen LogP contribution < -0.4 is 10.1 Å². The lowest BCUT2D eigenvalue weighted by Crippen LogP contribution is -2.50. The van der Waals surface area contributed by atoms with E-state index in [1.165, 1.54) is 17.3 Å². The molecule has 4 aromatic rings. The van der Waals surface area contributed by atoms with Gasteiger partial charge in [-0.1, -0.05) is 17.7 Å². The van der Waals surface area contributed by atoms with Crippen molar-refractivity contribution in [1.29, 1.82) is 0 Å². The summed E-state index contributed by atoms with van der Waals surface area (Å²) >= 11 is 7.77. The molecule has 3 unspecified atom stereocenters. The van der Waals surface area contributed by atoms with Crippen LogP contribution in [-0.4, -0.2) is 60.5 Å². The van der Waals surface area contributed by atoms with Gasteiger partial charge >= 0.3 is 0 Å². The van der Waals surface area contributed by atoms with Gasteiger partial charge in [-0.3, -0.25) is 9.88 Å². The van der Waals surface area contributed by atoms with Gasteiger partial charge in [0.2, 0.25) is 5.88 Å². The number of nitrogens with zero attached hydrogens (tertiary/aromatic N) is 5. The first kappa shape index (κ1) is 23.0. The van der Waals surface area contributed by atoms with Gasteiger partial charge in [-0.2, -0.15) is 8.75 Å². The summed E-state index contributed by atoms with van der Waals surface area (Å²) < 4.78 is 13.9. The molecule has 2 aliphatic heterocycles. The number of aliphatic hydroxyl groups excluding tert-OH is 1. The van der Waals surface area contributed by atoms with E-state index in [4.69, 9.17) is 16.3 Å². The van der Waals surface area contributed by atoms with Crippen LogP contribution in [-0.2, 0) is 6.54 Å². The molecule has 2 aliphatic rings. The number of pyridine rings is 2. The van der Waals surface area contributed by atoms with Gasteiger partial charge in [-0.25, -0.2) is 4.98 Å². The first-order valence-corrected chi connectivity index (χ1v) is 13.1. The van der Waals surface area contributed by atoms with Crippen molar-refractivity contribution in [3.63, 3.8) is 0 Å². The van der Waals surface area contributed by atoms with Crippen molar-refractivity contribution < 1.29 is 9.84 Å². The number of piperidine rings is 1. The second kappa shape index (κ2) is 9.55. The molecule has 6 rings (SSSR count). The van der Waals surface area contributed by atoms with E-state index < -0.39 is 6.10 Å². The average molecular weight is 511 g/mol. The number of hydrogen-bond acceptors (Lipinski definition) is 9. The van der Waals surface area contributed by atoms with Crippen LogP contribution in [0.15, 0.2) is 36.5 Å². The Morgan fingerprint density at radius 3 is 2.71 bits per heavy atom. The SMILES string of the molecule is COc1ccc2ncc(Cl)c(C(O)CN3C4CCC3CC(NCc3ccc5nsnc5c3)C4)c2n1. The number of rotatable bonds is 7. The van der Waals surface area contributed by atoms with E-state index >= 15 is 0 Å². The monoisotopic (exact) mass is 510 g/mol. The van der Waals surface area contributed by atoms with Crippen LogP contribution in [0, 0.1) is 0 Å². The molecule has 0 aliphatic carbocycles. The fourth-order valence-corrected chi connectivity index (χ4v) is 6.49. The Bertz CT molecular complexity index is 1350. The van der Waals surface area contributed by atoms with E-state index in [0.717, 1.165) is 43.3 Å². The van der Waals surface area contributed by atoms with Crippen molar-refractivity contribution in [2.24, 2.45) is 0 Å². The van der Waals surface area contributed by atoms with E-state index in [-0.39, 0.29) is 0 Å². The molecular weight excluding hydrogens is 484 g/mol. The molecule has 5 heterocycles. The Morgan fingerprint density at radius 2 is 1.91 bits per heavy atom. The zero-order chi connectivity index (χ0) is 23.9. The molecule has 8 nitrogen and oxygen atoms in total. The Labute approximate surface area is 212 Å². The fraction of sp³-hybridized carbons (Fsp3) is 0.440. The highest BCUT2D eigenvalue weighted by atomic mass is 35.5. The molecule has 35 heavy (non-hydrogen) atoms. The van der Waals surface area contributed by atoms with Gasteiger partial charge < -0.3 is 15.2 Å². The minimum Gasteiger partial charge on any atom is -0.481 e. The van der Waals surface area contributed by atoms with Crippen molar-refractivity contribution >= 4 is 45.4 Å². The Hall–Kier alpha value is -2.43. The van der Waals surface area contributed by atoms with Crippen LogP contribution in [0.4, 0.5) is 0 Å². The molecule has 10 heteroatoms. The second-order valence-corrected chi connectivity index (χ2v) is 10.4. The predicted octanol–water partition coefficient (Wildman–Crippen LogP) is 4.12. The van der Waals surface area contributed by atoms with Crippen LogP contribution in [0.5, 0.6) is 5.88 Å². The molecule has 0 spiro atoms. The summed E-state index contributed by atoms with van der Waals surface area (Å²) in [6, 6.07) is 11.3. The third-order valence-electron chi connectivity index (χ3n) is 7.40. The number of benzene rings is 1. The van der Waals surface area contributed by atoms with E-state index in [0.29, 0.717) is 52.2 Å². The molecule has 2 saturated heterocycles. The third kappa shape index (κ3) is 4.47. The van der Waals surface area contributed by atoms with Gasteiger partial charge in [0.1, 0.15) is 16.6 Å². The number of aliphatic hydroxyl groups is 1. The maximum absolute atomic E-state index is 11.3. The van der Waals surface area contributed by atoms with Crippen molar-refractivity contribution in [1.82, 2.24) is 28.9 Å². The second-order valence-electron chi connectivity index (χ2n) is 9.48. The standard InChI is InChI=1S/C25H27ClN6O2S/c1-34-23-7-6-20-25(29-23)24(18(26)12-28-20)22(33)13-32-16-3-4-17(32)10-15(9-16)27-11-14-2-5-19-21(8-14)31-35-30-19/h2,5-8,12,15-17,22,27,33H,3-4,9-11,13H2,1H3. The van der Waals surface area contributed by atoms with Crippen LogP contribution in [0.3, 0.4) is 0 Å². The maximum atomic E-state index is 11.3. The number of ether oxygens (including phenoxy) is 1. The normalized spacial score (nSPS) is 23.2. The van der Waals surface area contributed by atoms with Gasteiger partial charge in [0, 0.05) is 49.0 Å². The largest absolute Gasteiger partial charge is 0.481 e. The van der Waals surface area contributed by atoms with Crippen molar-refractivity contribution in [2.75, 3.05) is 13.7 Å². The molecule has 2 fully saturated rings. The van der Waals surface area contributed by atoms with Gasteiger partial charge in [0.05, 0.1) is 35.5 Å². The van der Waals surface area contributed by atoms with Crippen LogP contribution in [0.1, 0.15) is 42.9 Å². The maximum Gasteiger partial charge on any atom is 0.213 e. The van der Waals surface area contributed by atoms with Crippen LogP contribution in [0.25, 0.3) is 22.1 Å². The summed E-state index contributed by atoms with van der Waals surface area (Å²) in [4.78, 5) is 11.4. The summed E-state index contributed by atoms with van der Waals surface area (Å²) in [6.45, 7) is 1.36. The van der Waals surface area contributed by atoms with E-state index in [2.05, 4.69) is 41.1 Å². The van der Waals surface area contributed by atoms with Gasteiger partial charge in [-0.05, 0) is 49.4 Å². The Balaban J connectivity index is 1.14. The highest BCUT2D eigenvalue weighted by Gasteiger charge is 2.41. The quantitative estimate of drug-likeness (QED) is 0.383. The molecule has 0 radical (unpaired) electrons. The smallest absolute Gasteiger partial charge is 0.213 e. The zero-order valence-corrected chi connectivity index (χ0v) is 21.0. The Kier molecular flexibility index (Phi) is 6.28. The highest BCUT2D eigenvalue weighted by Crippen LogP contribution is 2.39. The number of nitrogens with one attached hydrogen (secondary N) is 1. The molecule has 0 saturated carbocycles. The lowest BCUT2D eigenvalue weighted by molar-refractivity contribution is 0.0521. The van der Waals surface area contributed by atoms with Crippen molar-refractivity contribution in [3.8, 4) is 5.88 Å². The number of aromatic nitrogens is 4. The van der Waals surface area contributed by atoms with Gasteiger partial charge in [0.25, 0.3) is 0 Å². The molecule has 2 N–H and O–H groups in total. The third-order valence-corrected chi connectivity index (χ3v) is 8.26. The van der Waals surface area contributed by atoms with Gasteiger partial charge in [-0.15, -0.1) is 0 Å². The summed E-state index contributed by atoms with van der Waals surface area (Å²) in [5, 5.41) is 15.5. The number of methoxy groups -OCH3 is 1. The molecule has 182 valence electrons. The minimum absolute atomic E-state index is 0.432. The van der Waals surface area contributed by atoms with Gasteiger partial charge in [0.15, 0.2) is 0 Å². The summed E-state index contributed by atoms with van der Waals surface area (Å²) in [7, 11) is 1.58. The molecule has 2 bridgehead atoms. The van der Waals surface area contributed by atoms with E-state index in [9.17, 15) is 5.11 Å². The molecule has 3 atom stereocenters. The van der Waals surface area contributed by atoms with Crippen molar-refractivity contribution in [2.45, 2.75) is 56.5 Å². The van der Waals surface area contributed by atoms with Crippen molar-refractivity contribution in [3.05, 3.63) is 52.7 Å². The predicted molar refractivity (Wildman–Crippen MR) is 137 cm³/mol. The van der Waals surface area contributed by atoms with Crippen LogP contribution in [0.2, 0.25) is 5.02 Å². The lowest BCUT2D eigenvalue weighted by atomic mass is 9.95. The summed E-state index contributed by atoms with van der Waals surface area (Å²) in [5.41, 5.74) is 5.08. The molecule has 3 aromatic heterocycles. The fourth-order valence-electron chi connectivity index (χ4n) is 5.71. The average Bonchev–Trinajstić information content (AvgIpc) is 3.42. The molecular formula is C25H27ClN6O2S. The molecule has 0 amide bonds. The number of hydrogen-bond donors (Lipinski definition) is 2. The minimum atomic E-state index is -0.751. The Morgan fingerprint density at radius 1 is 1.14 bits per heavy atom. The molecule has 1 aromatic carbocycles. The van der Waals surface area contributed by atoms with Crippen LogP contribution >= 0.6 is 23.3 Å². The van der Waals surface area contributed by atoms with E-state index in [1.807, 2.05) is 12.1 Å². The number of halogens is 1. The zero-order valence-electron chi connectivity index (χ0n) is 19.4. The summed E-state index contributed by atoms with van der Waals surface area (Å²) in [6.07, 6.45) is 5.30. The number of fused-ring (bicyclic) bond motifs is 4. The first-order chi connectivity index (χ1) is 17.1.